The highest BCUT2D eigenvalue weighted by Gasteiger charge is 2.32. The highest BCUT2D eigenvalue weighted by Crippen LogP contribution is 2.37. The summed E-state index contributed by atoms with van der Waals surface area (Å²) in [5.74, 6) is 4.04. The van der Waals surface area contributed by atoms with Gasteiger partial charge in [-0.05, 0) is 31.6 Å². The van der Waals surface area contributed by atoms with Crippen LogP contribution in [0.15, 0.2) is 0 Å². The molecule has 0 radical (unpaired) electrons. The van der Waals surface area contributed by atoms with Gasteiger partial charge < -0.3 is 11.1 Å². The van der Waals surface area contributed by atoms with Gasteiger partial charge in [0.1, 0.15) is 17.5 Å². The smallest absolute Gasteiger partial charge is 0.134 e. The molecule has 2 atom stereocenters. The molecular formula is C13H22N4. The Balaban J connectivity index is 2.07. The fourth-order valence-corrected chi connectivity index (χ4v) is 2.00. The fraction of sp³-hybridized carbons (Fsp3) is 0.692. The van der Waals surface area contributed by atoms with Crippen molar-refractivity contribution in [3.8, 4) is 0 Å². The lowest BCUT2D eigenvalue weighted by Crippen LogP contribution is -2.12. The SMILES string of the molecule is CCCc1nc(N)c(C)c(NCC2CC2C)n1. The molecule has 1 fully saturated rings. The Morgan fingerprint density at radius 1 is 1.41 bits per heavy atom. The van der Waals surface area contributed by atoms with Crippen LogP contribution in [-0.2, 0) is 6.42 Å². The molecule has 0 bridgehead atoms. The molecule has 4 nitrogen and oxygen atoms in total. The van der Waals surface area contributed by atoms with E-state index in [4.69, 9.17) is 5.73 Å². The summed E-state index contributed by atoms with van der Waals surface area (Å²) in [4.78, 5) is 8.85. The summed E-state index contributed by atoms with van der Waals surface area (Å²) in [5, 5.41) is 3.41. The minimum atomic E-state index is 0.606. The van der Waals surface area contributed by atoms with Crippen LogP contribution < -0.4 is 11.1 Å². The van der Waals surface area contributed by atoms with E-state index in [0.29, 0.717) is 5.82 Å². The molecule has 1 aromatic rings. The lowest BCUT2D eigenvalue weighted by atomic mass is 10.2. The van der Waals surface area contributed by atoms with E-state index in [9.17, 15) is 0 Å². The molecule has 0 aliphatic heterocycles. The Labute approximate surface area is 103 Å². The van der Waals surface area contributed by atoms with Crippen LogP contribution in [0.1, 0.15) is 38.1 Å². The number of nitrogen functional groups attached to an aromatic ring is 1. The lowest BCUT2D eigenvalue weighted by molar-refractivity contribution is 0.777. The molecule has 0 amide bonds. The van der Waals surface area contributed by atoms with Crippen LogP contribution in [-0.4, -0.2) is 16.5 Å². The predicted octanol–water partition coefficient (Wildman–Crippen LogP) is 2.39. The predicted molar refractivity (Wildman–Crippen MR) is 70.9 cm³/mol. The molecule has 0 spiro atoms. The zero-order chi connectivity index (χ0) is 12.4. The molecule has 1 heterocycles. The van der Waals surface area contributed by atoms with Crippen LogP contribution >= 0.6 is 0 Å². The number of nitrogens with two attached hydrogens (primary N) is 1. The second-order valence-electron chi connectivity index (χ2n) is 5.10. The van der Waals surface area contributed by atoms with Crippen LogP contribution in [0.2, 0.25) is 0 Å². The van der Waals surface area contributed by atoms with Gasteiger partial charge in [-0.25, -0.2) is 9.97 Å². The Hall–Kier alpha value is -1.32. The molecular weight excluding hydrogens is 212 g/mol. The summed E-state index contributed by atoms with van der Waals surface area (Å²) >= 11 is 0. The molecule has 0 aromatic carbocycles. The first-order valence-corrected chi connectivity index (χ1v) is 6.48. The third-order valence-corrected chi connectivity index (χ3v) is 3.51. The third kappa shape index (κ3) is 2.87. The first-order valence-electron chi connectivity index (χ1n) is 6.48. The molecule has 1 saturated carbocycles. The van der Waals surface area contributed by atoms with Gasteiger partial charge in [0.05, 0.1) is 0 Å². The number of hydrogen-bond acceptors (Lipinski definition) is 4. The number of nitrogens with zero attached hydrogens (tertiary/aromatic N) is 2. The fourth-order valence-electron chi connectivity index (χ4n) is 2.00. The number of anilines is 2. The van der Waals surface area contributed by atoms with E-state index >= 15 is 0 Å². The minimum absolute atomic E-state index is 0.606. The van der Waals surface area contributed by atoms with Crippen LogP contribution in [0.5, 0.6) is 0 Å². The van der Waals surface area contributed by atoms with E-state index in [-0.39, 0.29) is 0 Å². The number of nitrogens with one attached hydrogen (secondary N) is 1. The number of aromatic nitrogens is 2. The average Bonchev–Trinajstić information content (AvgIpc) is 2.98. The van der Waals surface area contributed by atoms with Gasteiger partial charge in [-0.15, -0.1) is 0 Å². The van der Waals surface area contributed by atoms with Gasteiger partial charge >= 0.3 is 0 Å². The van der Waals surface area contributed by atoms with Crippen molar-refractivity contribution in [3.05, 3.63) is 11.4 Å². The van der Waals surface area contributed by atoms with Gasteiger partial charge in [0, 0.05) is 18.5 Å². The second-order valence-corrected chi connectivity index (χ2v) is 5.10. The Bertz CT molecular complexity index is 403. The monoisotopic (exact) mass is 234 g/mol. The van der Waals surface area contributed by atoms with E-state index < -0.39 is 0 Å². The van der Waals surface area contributed by atoms with Crippen molar-refractivity contribution < 1.29 is 0 Å². The Morgan fingerprint density at radius 2 is 2.12 bits per heavy atom. The van der Waals surface area contributed by atoms with E-state index in [1.807, 2.05) is 6.92 Å². The second kappa shape index (κ2) is 4.90. The van der Waals surface area contributed by atoms with Gasteiger partial charge in [-0.2, -0.15) is 0 Å². The van der Waals surface area contributed by atoms with Crippen LogP contribution in [0.3, 0.4) is 0 Å². The van der Waals surface area contributed by atoms with Crippen molar-refractivity contribution in [1.82, 2.24) is 9.97 Å². The zero-order valence-corrected chi connectivity index (χ0v) is 11.0. The van der Waals surface area contributed by atoms with Crippen molar-refractivity contribution in [3.63, 3.8) is 0 Å². The third-order valence-electron chi connectivity index (χ3n) is 3.51. The first kappa shape index (κ1) is 12.1. The number of rotatable bonds is 5. The summed E-state index contributed by atoms with van der Waals surface area (Å²) in [6, 6.07) is 0. The van der Waals surface area contributed by atoms with Crippen LogP contribution in [0.4, 0.5) is 11.6 Å². The topological polar surface area (TPSA) is 63.8 Å². The van der Waals surface area contributed by atoms with Crippen molar-refractivity contribution in [1.29, 1.82) is 0 Å². The molecule has 17 heavy (non-hydrogen) atoms. The maximum absolute atomic E-state index is 5.91. The van der Waals surface area contributed by atoms with Crippen molar-refractivity contribution in [2.75, 3.05) is 17.6 Å². The molecule has 3 N–H and O–H groups in total. The number of hydrogen-bond donors (Lipinski definition) is 2. The first-order chi connectivity index (χ1) is 8.11. The molecule has 1 aromatic heterocycles. The molecule has 4 heteroatoms. The largest absolute Gasteiger partial charge is 0.383 e. The highest BCUT2D eigenvalue weighted by molar-refractivity contribution is 5.54. The van der Waals surface area contributed by atoms with Crippen molar-refractivity contribution >= 4 is 11.6 Å². The molecule has 2 unspecified atom stereocenters. The molecule has 1 aliphatic rings. The standard InChI is InChI=1S/C13H22N4/c1-4-5-11-16-12(14)9(3)13(17-11)15-7-10-6-8(10)2/h8,10H,4-7H2,1-3H3,(H3,14,15,16,17). The summed E-state index contributed by atoms with van der Waals surface area (Å²) in [7, 11) is 0. The van der Waals surface area contributed by atoms with Gasteiger partial charge in [0.2, 0.25) is 0 Å². The van der Waals surface area contributed by atoms with Crippen molar-refractivity contribution in [2.24, 2.45) is 11.8 Å². The summed E-state index contributed by atoms with van der Waals surface area (Å²) < 4.78 is 0. The van der Waals surface area contributed by atoms with Gasteiger partial charge in [-0.1, -0.05) is 13.8 Å². The lowest BCUT2D eigenvalue weighted by Gasteiger charge is -2.11. The van der Waals surface area contributed by atoms with E-state index in [2.05, 4.69) is 29.1 Å². The summed E-state index contributed by atoms with van der Waals surface area (Å²) in [6.45, 7) is 7.39. The number of aryl methyl sites for hydroxylation is 1. The van der Waals surface area contributed by atoms with E-state index in [1.54, 1.807) is 0 Å². The molecule has 2 rings (SSSR count). The Kier molecular flexibility index (Phi) is 3.50. The highest BCUT2D eigenvalue weighted by atomic mass is 15.1. The van der Waals surface area contributed by atoms with Gasteiger partial charge in [0.25, 0.3) is 0 Å². The minimum Gasteiger partial charge on any atom is -0.383 e. The van der Waals surface area contributed by atoms with Crippen molar-refractivity contribution in [2.45, 2.75) is 40.0 Å². The maximum Gasteiger partial charge on any atom is 0.134 e. The quantitative estimate of drug-likeness (QED) is 0.821. The van der Waals surface area contributed by atoms with Gasteiger partial charge in [-0.3, -0.25) is 0 Å². The Morgan fingerprint density at radius 3 is 2.71 bits per heavy atom. The summed E-state index contributed by atoms with van der Waals surface area (Å²) in [5.41, 5.74) is 6.88. The normalized spacial score (nSPS) is 22.5. The van der Waals surface area contributed by atoms with Crippen LogP contribution in [0, 0.1) is 18.8 Å². The maximum atomic E-state index is 5.91. The van der Waals surface area contributed by atoms with E-state index in [0.717, 1.165) is 48.4 Å². The molecule has 1 aliphatic carbocycles. The zero-order valence-electron chi connectivity index (χ0n) is 11.0. The average molecular weight is 234 g/mol. The van der Waals surface area contributed by atoms with E-state index in [1.165, 1.54) is 6.42 Å². The molecule has 0 saturated heterocycles. The van der Waals surface area contributed by atoms with Crippen LogP contribution in [0.25, 0.3) is 0 Å². The summed E-state index contributed by atoms with van der Waals surface area (Å²) in [6.07, 6.45) is 3.26. The van der Waals surface area contributed by atoms with Gasteiger partial charge in [0.15, 0.2) is 0 Å². The molecule has 94 valence electrons.